The van der Waals surface area contributed by atoms with Crippen molar-refractivity contribution in [2.75, 3.05) is 0 Å². The Bertz CT molecular complexity index is 1440. The lowest BCUT2D eigenvalue weighted by molar-refractivity contribution is -0.361. The van der Waals surface area contributed by atoms with Crippen LogP contribution in [0.5, 0.6) is 0 Å². The molecule has 1 aliphatic rings. The van der Waals surface area contributed by atoms with Crippen LogP contribution in [0, 0.1) is 5.92 Å². The highest BCUT2D eigenvalue weighted by Crippen LogP contribution is 2.44. The molecule has 5 rings (SSSR count). The summed E-state index contributed by atoms with van der Waals surface area (Å²) < 4.78 is 19.8. The molecular weight excluding hydrogens is 544 g/mol. The summed E-state index contributed by atoms with van der Waals surface area (Å²) in [6.07, 6.45) is 1.69. The Labute approximate surface area is 254 Å². The van der Waals surface area contributed by atoms with Gasteiger partial charge in [0.25, 0.3) is 0 Å². The molecule has 5 atom stereocenters. The van der Waals surface area contributed by atoms with Crippen LogP contribution in [0.1, 0.15) is 53.6 Å². The molecule has 1 aliphatic heterocycles. The van der Waals surface area contributed by atoms with E-state index in [4.69, 9.17) is 25.8 Å². The zero-order valence-electron chi connectivity index (χ0n) is 24.3. The van der Waals surface area contributed by atoms with E-state index < -0.39 is 18.0 Å². The zero-order valence-corrected chi connectivity index (χ0v) is 25.0. The van der Waals surface area contributed by atoms with Crippen molar-refractivity contribution in [3.05, 3.63) is 148 Å². The Balaban J connectivity index is 1.51. The summed E-state index contributed by atoms with van der Waals surface area (Å²) in [4.78, 5) is 0. The third kappa shape index (κ3) is 6.86. The Morgan fingerprint density at radius 1 is 0.857 bits per heavy atom. The molecule has 5 heteroatoms. The molecular formula is C37H39ClO4. The topological polar surface area (TPSA) is 47.9 Å². The molecule has 0 amide bonds. The van der Waals surface area contributed by atoms with Crippen LogP contribution >= 0.6 is 11.6 Å². The van der Waals surface area contributed by atoms with Crippen LogP contribution in [-0.4, -0.2) is 23.4 Å². The summed E-state index contributed by atoms with van der Waals surface area (Å²) in [5, 5.41) is 13.2. The maximum Gasteiger partial charge on any atom is 0.222 e. The van der Waals surface area contributed by atoms with Crippen LogP contribution < -0.4 is 0 Å². The first kappa shape index (κ1) is 30.2. The van der Waals surface area contributed by atoms with Crippen molar-refractivity contribution in [3.8, 4) is 0 Å². The highest BCUT2D eigenvalue weighted by molar-refractivity contribution is 6.31. The van der Waals surface area contributed by atoms with E-state index in [1.807, 2.05) is 97.1 Å². The normalized spacial score (nSPS) is 23.9. The summed E-state index contributed by atoms with van der Waals surface area (Å²) in [6.45, 7) is 8.74. The second-order valence-electron chi connectivity index (χ2n) is 11.0. The van der Waals surface area contributed by atoms with Gasteiger partial charge in [-0.15, -0.1) is 0 Å². The minimum absolute atomic E-state index is 0.0186. The minimum atomic E-state index is -1.75. The Kier molecular flexibility index (Phi) is 9.94. The van der Waals surface area contributed by atoms with E-state index in [0.717, 1.165) is 34.2 Å². The zero-order chi connectivity index (χ0) is 29.5. The second kappa shape index (κ2) is 13.8. The van der Waals surface area contributed by atoms with Crippen LogP contribution in [-0.2, 0) is 39.6 Å². The van der Waals surface area contributed by atoms with Gasteiger partial charge in [-0.2, -0.15) is 0 Å². The minimum Gasteiger partial charge on any atom is -0.370 e. The van der Waals surface area contributed by atoms with Crippen LogP contribution in [0.25, 0.3) is 6.08 Å². The van der Waals surface area contributed by atoms with Gasteiger partial charge in [0, 0.05) is 16.5 Å². The van der Waals surface area contributed by atoms with Gasteiger partial charge in [0.15, 0.2) is 0 Å². The van der Waals surface area contributed by atoms with Crippen molar-refractivity contribution < 1.29 is 19.3 Å². The van der Waals surface area contributed by atoms with Crippen molar-refractivity contribution in [3.63, 3.8) is 0 Å². The van der Waals surface area contributed by atoms with Gasteiger partial charge in [-0.1, -0.05) is 129 Å². The number of rotatable bonds is 11. The predicted octanol–water partition coefficient (Wildman–Crippen LogP) is 8.33. The molecule has 0 spiro atoms. The molecule has 0 aromatic heterocycles. The van der Waals surface area contributed by atoms with E-state index in [1.165, 1.54) is 0 Å². The summed E-state index contributed by atoms with van der Waals surface area (Å²) in [6, 6.07) is 33.9. The SMILES string of the molecule is C=Cc1ccc(Cc2cc(C3(O)O[C@H](CC)[C@@H](C)[C@H](OCc4ccccc4)[C@H]3OCc3ccccc3)ccc2Cl)cc1. The van der Waals surface area contributed by atoms with Crippen LogP contribution in [0.4, 0.5) is 0 Å². The number of ether oxygens (including phenoxy) is 3. The number of halogens is 1. The number of hydrogen-bond donors (Lipinski definition) is 1. The molecule has 0 bridgehead atoms. The average Bonchev–Trinajstić information content (AvgIpc) is 3.03. The molecule has 1 N–H and O–H groups in total. The van der Waals surface area contributed by atoms with Gasteiger partial charge in [0.1, 0.15) is 6.10 Å². The Morgan fingerprint density at radius 3 is 2.07 bits per heavy atom. The van der Waals surface area contributed by atoms with E-state index in [0.29, 0.717) is 30.2 Å². The molecule has 0 saturated carbocycles. The summed E-state index contributed by atoms with van der Waals surface area (Å²) in [5.74, 6) is -1.77. The molecule has 0 aliphatic carbocycles. The molecule has 4 aromatic rings. The van der Waals surface area contributed by atoms with Crippen LogP contribution in [0.3, 0.4) is 0 Å². The molecule has 1 fully saturated rings. The third-order valence-electron chi connectivity index (χ3n) is 8.15. The van der Waals surface area contributed by atoms with E-state index >= 15 is 0 Å². The van der Waals surface area contributed by atoms with Crippen molar-refractivity contribution in [1.29, 1.82) is 0 Å². The molecule has 1 heterocycles. The van der Waals surface area contributed by atoms with Gasteiger partial charge in [-0.3, -0.25) is 0 Å². The quantitative estimate of drug-likeness (QED) is 0.193. The van der Waals surface area contributed by atoms with Crippen molar-refractivity contribution in [2.24, 2.45) is 5.92 Å². The van der Waals surface area contributed by atoms with Crippen molar-refractivity contribution in [2.45, 2.75) is 64.0 Å². The Hall–Kier alpha value is -3.25. The fourth-order valence-corrected chi connectivity index (χ4v) is 5.89. The predicted molar refractivity (Wildman–Crippen MR) is 169 cm³/mol. The molecule has 218 valence electrons. The van der Waals surface area contributed by atoms with Crippen LogP contribution in [0.2, 0.25) is 5.02 Å². The summed E-state index contributed by atoms with van der Waals surface area (Å²) in [5.41, 5.74) is 5.73. The first-order valence-corrected chi connectivity index (χ1v) is 15.0. The van der Waals surface area contributed by atoms with E-state index in [1.54, 1.807) is 0 Å². The van der Waals surface area contributed by atoms with Gasteiger partial charge in [0.05, 0.1) is 25.4 Å². The lowest BCUT2D eigenvalue weighted by Crippen LogP contribution is -2.61. The first-order chi connectivity index (χ1) is 20.4. The van der Waals surface area contributed by atoms with E-state index in [9.17, 15) is 5.11 Å². The highest BCUT2D eigenvalue weighted by atomic mass is 35.5. The van der Waals surface area contributed by atoms with E-state index in [-0.39, 0.29) is 12.0 Å². The monoisotopic (exact) mass is 582 g/mol. The fourth-order valence-electron chi connectivity index (χ4n) is 5.70. The van der Waals surface area contributed by atoms with Gasteiger partial charge < -0.3 is 19.3 Å². The molecule has 4 aromatic carbocycles. The lowest BCUT2D eigenvalue weighted by atomic mass is 9.81. The average molecular weight is 583 g/mol. The molecule has 42 heavy (non-hydrogen) atoms. The maximum absolute atomic E-state index is 12.5. The molecule has 1 unspecified atom stereocenters. The van der Waals surface area contributed by atoms with E-state index in [2.05, 4.69) is 32.6 Å². The largest absolute Gasteiger partial charge is 0.370 e. The fraction of sp³-hybridized carbons (Fsp3) is 0.297. The summed E-state index contributed by atoms with van der Waals surface area (Å²) in [7, 11) is 0. The van der Waals surface area contributed by atoms with Crippen LogP contribution in [0.15, 0.2) is 110 Å². The number of aliphatic hydroxyl groups is 1. The van der Waals surface area contributed by atoms with Gasteiger partial charge in [-0.05, 0) is 52.8 Å². The number of benzene rings is 4. The third-order valence-corrected chi connectivity index (χ3v) is 8.52. The molecule has 1 saturated heterocycles. The van der Waals surface area contributed by atoms with Crippen molar-refractivity contribution >= 4 is 17.7 Å². The van der Waals surface area contributed by atoms with Crippen molar-refractivity contribution in [1.82, 2.24) is 0 Å². The smallest absolute Gasteiger partial charge is 0.222 e. The summed E-state index contributed by atoms with van der Waals surface area (Å²) >= 11 is 6.70. The molecule has 4 nitrogen and oxygen atoms in total. The lowest BCUT2D eigenvalue weighted by Gasteiger charge is -2.50. The van der Waals surface area contributed by atoms with Gasteiger partial charge in [0.2, 0.25) is 5.79 Å². The maximum atomic E-state index is 12.5. The number of hydrogen-bond acceptors (Lipinski definition) is 4. The standard InChI is InChI=1S/C37H39ClO4/c1-4-27-16-18-28(19-17-27)22-31-23-32(20-21-33(31)38)37(39)36(41-25-30-14-10-7-11-15-30)35(26(3)34(5-2)42-37)40-24-29-12-8-6-9-13-29/h4,6-21,23,26,34-36,39H,1,5,22,24-25H2,2-3H3/t26-,34-,35+,36-,37?/m1/s1. The van der Waals surface area contributed by atoms with Gasteiger partial charge >= 0.3 is 0 Å². The first-order valence-electron chi connectivity index (χ1n) is 14.6. The van der Waals surface area contributed by atoms with Gasteiger partial charge in [-0.25, -0.2) is 0 Å². The second-order valence-corrected chi connectivity index (χ2v) is 11.4. The highest BCUT2D eigenvalue weighted by Gasteiger charge is 2.54. The Morgan fingerprint density at radius 2 is 1.48 bits per heavy atom. The molecule has 0 radical (unpaired) electrons.